The number of hydrogen-bond acceptors (Lipinski definition) is 4. The van der Waals surface area contributed by atoms with E-state index in [2.05, 4.69) is 10.6 Å². The highest BCUT2D eigenvalue weighted by Gasteiger charge is 2.14. The van der Waals surface area contributed by atoms with Crippen LogP contribution in [0.2, 0.25) is 10.0 Å². The molecule has 3 rings (SSSR count). The quantitative estimate of drug-likeness (QED) is 0.847. The molecule has 0 radical (unpaired) electrons. The van der Waals surface area contributed by atoms with Crippen molar-refractivity contribution in [2.45, 2.75) is 6.42 Å². The molecule has 2 aromatic rings. The lowest BCUT2D eigenvalue weighted by atomic mass is 10.2. The van der Waals surface area contributed by atoms with Crippen LogP contribution in [0.4, 0.5) is 11.4 Å². The molecule has 120 valence electrons. The topological polar surface area (TPSA) is 59.6 Å². The van der Waals surface area contributed by atoms with E-state index >= 15 is 0 Å². The molecule has 0 aromatic heterocycles. The third-order valence-electron chi connectivity index (χ3n) is 3.25. The molecule has 0 aliphatic carbocycles. The summed E-state index contributed by atoms with van der Waals surface area (Å²) in [6.45, 7) is 0.663. The highest BCUT2D eigenvalue weighted by atomic mass is 35.5. The van der Waals surface area contributed by atoms with E-state index in [4.69, 9.17) is 32.7 Å². The number of carbonyl (C=O) groups is 1. The van der Waals surface area contributed by atoms with Crippen molar-refractivity contribution in [2.75, 3.05) is 24.0 Å². The number of nitrogens with one attached hydrogen (secondary N) is 2. The van der Waals surface area contributed by atoms with Crippen LogP contribution < -0.4 is 20.1 Å². The third kappa shape index (κ3) is 4.00. The van der Waals surface area contributed by atoms with E-state index < -0.39 is 0 Å². The Bertz CT molecular complexity index is 737. The molecule has 1 amide bonds. The first-order chi connectivity index (χ1) is 11.1. The Hall–Kier alpha value is -2.11. The molecular formula is C16H14Cl2N2O3. The first-order valence-corrected chi connectivity index (χ1v) is 7.76. The van der Waals surface area contributed by atoms with Crippen molar-refractivity contribution >= 4 is 40.5 Å². The summed E-state index contributed by atoms with van der Waals surface area (Å²) in [5.74, 6) is 1.21. The second kappa shape index (κ2) is 6.98. The molecule has 0 spiro atoms. The normalized spacial score (nSPS) is 12.1. The number of fused-ring (bicyclic) bond motifs is 1. The molecule has 0 unspecified atom stereocenters. The number of halogens is 2. The Morgan fingerprint density at radius 2 is 1.91 bits per heavy atom. The summed E-state index contributed by atoms with van der Waals surface area (Å²) >= 11 is 11.9. The number of amides is 1. The van der Waals surface area contributed by atoms with Crippen molar-refractivity contribution in [3.63, 3.8) is 0 Å². The Morgan fingerprint density at radius 3 is 2.74 bits per heavy atom. The summed E-state index contributed by atoms with van der Waals surface area (Å²) in [4.78, 5) is 12.0. The molecule has 0 bridgehead atoms. The number of ether oxygens (including phenoxy) is 2. The van der Waals surface area contributed by atoms with Crippen LogP contribution in [0.1, 0.15) is 6.42 Å². The largest absolute Gasteiger partial charge is 0.454 e. The molecule has 1 heterocycles. The number of hydrogen-bond donors (Lipinski definition) is 2. The number of rotatable bonds is 5. The zero-order valence-electron chi connectivity index (χ0n) is 12.1. The summed E-state index contributed by atoms with van der Waals surface area (Å²) < 4.78 is 10.5. The molecule has 0 fully saturated rings. The van der Waals surface area contributed by atoms with Gasteiger partial charge in [0.15, 0.2) is 11.5 Å². The van der Waals surface area contributed by atoms with Gasteiger partial charge in [-0.1, -0.05) is 23.2 Å². The van der Waals surface area contributed by atoms with Crippen molar-refractivity contribution in [3.8, 4) is 11.5 Å². The summed E-state index contributed by atoms with van der Waals surface area (Å²) in [6.07, 6.45) is 0.299. The van der Waals surface area contributed by atoms with Crippen LogP contribution in [0.25, 0.3) is 0 Å². The lowest BCUT2D eigenvalue weighted by Gasteiger charge is -2.09. The van der Waals surface area contributed by atoms with Gasteiger partial charge in [-0.2, -0.15) is 0 Å². The van der Waals surface area contributed by atoms with Gasteiger partial charge in [0.25, 0.3) is 0 Å². The molecule has 1 aliphatic heterocycles. The second-order valence-electron chi connectivity index (χ2n) is 4.92. The standard InChI is InChI=1S/C16H14Cl2N2O3/c17-10-1-3-13(12(18)7-10)19-6-5-16(21)20-11-2-4-14-15(8-11)23-9-22-14/h1-4,7-8,19H,5-6,9H2,(H,20,21). The van der Waals surface area contributed by atoms with Gasteiger partial charge >= 0.3 is 0 Å². The smallest absolute Gasteiger partial charge is 0.231 e. The van der Waals surface area contributed by atoms with Crippen molar-refractivity contribution in [3.05, 3.63) is 46.4 Å². The third-order valence-corrected chi connectivity index (χ3v) is 3.80. The lowest BCUT2D eigenvalue weighted by molar-refractivity contribution is -0.115. The van der Waals surface area contributed by atoms with Crippen molar-refractivity contribution < 1.29 is 14.3 Å². The zero-order valence-corrected chi connectivity index (χ0v) is 13.6. The Kier molecular flexibility index (Phi) is 4.79. The number of benzene rings is 2. The Labute approximate surface area is 143 Å². The van der Waals surface area contributed by atoms with Gasteiger partial charge < -0.3 is 20.1 Å². The fourth-order valence-corrected chi connectivity index (χ4v) is 2.62. The highest BCUT2D eigenvalue weighted by Crippen LogP contribution is 2.34. The van der Waals surface area contributed by atoms with Gasteiger partial charge in [0.1, 0.15) is 0 Å². The number of anilines is 2. The molecule has 1 aliphatic rings. The van der Waals surface area contributed by atoms with Gasteiger partial charge in [0.05, 0.1) is 10.7 Å². The molecule has 2 N–H and O–H groups in total. The molecule has 5 nitrogen and oxygen atoms in total. The van der Waals surface area contributed by atoms with E-state index in [0.717, 1.165) is 5.69 Å². The van der Waals surface area contributed by atoms with Gasteiger partial charge in [0.2, 0.25) is 12.7 Å². The van der Waals surface area contributed by atoms with Crippen LogP contribution in [0.3, 0.4) is 0 Å². The minimum Gasteiger partial charge on any atom is -0.454 e. The first kappa shape index (κ1) is 15.8. The van der Waals surface area contributed by atoms with Crippen LogP contribution in [0, 0.1) is 0 Å². The van der Waals surface area contributed by atoms with Crippen LogP contribution in [0.15, 0.2) is 36.4 Å². The summed E-state index contributed by atoms with van der Waals surface area (Å²) in [5.41, 5.74) is 1.41. The Balaban J connectivity index is 1.50. The van der Waals surface area contributed by atoms with Crippen molar-refractivity contribution in [1.82, 2.24) is 0 Å². The van der Waals surface area contributed by atoms with Gasteiger partial charge in [-0.15, -0.1) is 0 Å². The maximum absolute atomic E-state index is 12.0. The highest BCUT2D eigenvalue weighted by molar-refractivity contribution is 6.36. The average molecular weight is 353 g/mol. The van der Waals surface area contributed by atoms with Gasteiger partial charge in [-0.05, 0) is 30.3 Å². The zero-order chi connectivity index (χ0) is 16.2. The molecule has 0 atom stereocenters. The predicted octanol–water partition coefficient (Wildman–Crippen LogP) is 4.16. The predicted molar refractivity (Wildman–Crippen MR) is 90.8 cm³/mol. The van der Waals surface area contributed by atoms with Crippen molar-refractivity contribution in [2.24, 2.45) is 0 Å². The fraction of sp³-hybridized carbons (Fsp3) is 0.188. The minimum atomic E-state index is -0.110. The Morgan fingerprint density at radius 1 is 1.09 bits per heavy atom. The first-order valence-electron chi connectivity index (χ1n) is 7.00. The summed E-state index contributed by atoms with van der Waals surface area (Å²) in [7, 11) is 0. The SMILES string of the molecule is O=C(CCNc1ccc(Cl)cc1Cl)Nc1ccc2c(c1)OCO2. The van der Waals surface area contributed by atoms with Gasteiger partial charge in [-0.3, -0.25) is 4.79 Å². The summed E-state index contributed by atoms with van der Waals surface area (Å²) in [5, 5.41) is 7.01. The minimum absolute atomic E-state index is 0.110. The maximum Gasteiger partial charge on any atom is 0.231 e. The molecular weight excluding hydrogens is 339 g/mol. The maximum atomic E-state index is 12.0. The van der Waals surface area contributed by atoms with Crippen LogP contribution in [-0.4, -0.2) is 19.2 Å². The fourth-order valence-electron chi connectivity index (χ4n) is 2.14. The van der Waals surface area contributed by atoms with Gasteiger partial charge in [0, 0.05) is 29.7 Å². The van der Waals surface area contributed by atoms with E-state index in [1.165, 1.54) is 0 Å². The van der Waals surface area contributed by atoms with E-state index in [-0.39, 0.29) is 12.7 Å². The van der Waals surface area contributed by atoms with E-state index in [0.29, 0.717) is 40.2 Å². The molecule has 0 saturated carbocycles. The van der Waals surface area contributed by atoms with Gasteiger partial charge in [-0.25, -0.2) is 0 Å². The van der Waals surface area contributed by atoms with Crippen molar-refractivity contribution in [1.29, 1.82) is 0 Å². The number of carbonyl (C=O) groups excluding carboxylic acids is 1. The van der Waals surface area contributed by atoms with E-state index in [1.54, 1.807) is 36.4 Å². The molecule has 0 saturated heterocycles. The summed E-state index contributed by atoms with van der Waals surface area (Å²) in [6, 6.07) is 10.4. The van der Waals surface area contributed by atoms with E-state index in [1.807, 2.05) is 0 Å². The molecule has 7 heteroatoms. The second-order valence-corrected chi connectivity index (χ2v) is 5.76. The lowest BCUT2D eigenvalue weighted by Crippen LogP contribution is -2.16. The average Bonchev–Trinajstić information content (AvgIpc) is 2.97. The van der Waals surface area contributed by atoms with Crippen LogP contribution in [0.5, 0.6) is 11.5 Å². The monoisotopic (exact) mass is 352 g/mol. The van der Waals surface area contributed by atoms with Crippen LogP contribution in [-0.2, 0) is 4.79 Å². The molecule has 23 heavy (non-hydrogen) atoms. The molecule has 2 aromatic carbocycles. The van der Waals surface area contributed by atoms with E-state index in [9.17, 15) is 4.79 Å². The van der Waals surface area contributed by atoms with Crippen LogP contribution >= 0.6 is 23.2 Å².